The van der Waals surface area contributed by atoms with E-state index in [2.05, 4.69) is 15.6 Å². The van der Waals surface area contributed by atoms with Crippen LogP contribution in [0.2, 0.25) is 0 Å². The number of aromatic nitrogens is 1. The molecular formula is C16H19N3O2. The van der Waals surface area contributed by atoms with Crippen molar-refractivity contribution in [1.29, 1.82) is 0 Å². The number of amides is 1. The van der Waals surface area contributed by atoms with Crippen LogP contribution in [0.3, 0.4) is 0 Å². The van der Waals surface area contributed by atoms with Crippen LogP contribution in [-0.4, -0.2) is 25.0 Å². The summed E-state index contributed by atoms with van der Waals surface area (Å²) in [5.74, 6) is 0.617. The van der Waals surface area contributed by atoms with Gasteiger partial charge in [0.1, 0.15) is 0 Å². The van der Waals surface area contributed by atoms with Gasteiger partial charge in [-0.25, -0.2) is 4.98 Å². The molecule has 0 spiro atoms. The topological polar surface area (TPSA) is 63.2 Å². The standard InChI is InChI=1S/C16H19N3O2/c1-17-15(20)10-12-6-8-13(9-7-12)18-11-14-4-3-5-16(19-14)21-2/h3-9,18H,10-11H2,1-2H3,(H,17,20). The number of hydrogen-bond donors (Lipinski definition) is 2. The van der Waals surface area contributed by atoms with Crippen LogP contribution in [0.5, 0.6) is 5.88 Å². The summed E-state index contributed by atoms with van der Waals surface area (Å²) >= 11 is 0. The lowest BCUT2D eigenvalue weighted by molar-refractivity contribution is -0.119. The van der Waals surface area contributed by atoms with Gasteiger partial charge < -0.3 is 15.4 Å². The number of pyridine rings is 1. The molecule has 21 heavy (non-hydrogen) atoms. The van der Waals surface area contributed by atoms with Crippen molar-refractivity contribution in [2.24, 2.45) is 0 Å². The van der Waals surface area contributed by atoms with Crippen molar-refractivity contribution in [2.75, 3.05) is 19.5 Å². The third-order valence-electron chi connectivity index (χ3n) is 3.06. The van der Waals surface area contributed by atoms with E-state index >= 15 is 0 Å². The highest BCUT2D eigenvalue weighted by atomic mass is 16.5. The average molecular weight is 285 g/mol. The van der Waals surface area contributed by atoms with Crippen LogP contribution < -0.4 is 15.4 Å². The van der Waals surface area contributed by atoms with Crippen LogP contribution in [0, 0.1) is 0 Å². The summed E-state index contributed by atoms with van der Waals surface area (Å²) in [6.45, 7) is 0.617. The number of rotatable bonds is 6. The highest BCUT2D eigenvalue weighted by Crippen LogP contribution is 2.12. The van der Waals surface area contributed by atoms with Crippen LogP contribution in [0.4, 0.5) is 5.69 Å². The fraction of sp³-hybridized carbons (Fsp3) is 0.250. The van der Waals surface area contributed by atoms with Crippen LogP contribution >= 0.6 is 0 Å². The fourth-order valence-corrected chi connectivity index (χ4v) is 1.88. The van der Waals surface area contributed by atoms with Crippen molar-refractivity contribution in [2.45, 2.75) is 13.0 Å². The molecule has 0 bridgehead atoms. The Kier molecular flexibility index (Phi) is 5.15. The van der Waals surface area contributed by atoms with Gasteiger partial charge >= 0.3 is 0 Å². The van der Waals surface area contributed by atoms with Crippen LogP contribution in [-0.2, 0) is 17.8 Å². The summed E-state index contributed by atoms with van der Waals surface area (Å²) in [6.07, 6.45) is 0.397. The van der Waals surface area contributed by atoms with E-state index in [-0.39, 0.29) is 5.91 Å². The molecule has 0 radical (unpaired) electrons. The lowest BCUT2D eigenvalue weighted by Gasteiger charge is -2.08. The monoisotopic (exact) mass is 285 g/mol. The summed E-state index contributed by atoms with van der Waals surface area (Å²) in [5, 5.41) is 5.90. The number of hydrogen-bond acceptors (Lipinski definition) is 4. The largest absolute Gasteiger partial charge is 0.481 e. The Labute approximate surface area is 124 Å². The first-order valence-corrected chi connectivity index (χ1v) is 6.74. The summed E-state index contributed by atoms with van der Waals surface area (Å²) < 4.78 is 5.09. The van der Waals surface area contributed by atoms with Crippen molar-refractivity contribution in [3.8, 4) is 5.88 Å². The lowest BCUT2D eigenvalue weighted by Crippen LogP contribution is -2.19. The molecule has 0 fully saturated rings. The summed E-state index contributed by atoms with van der Waals surface area (Å²) in [7, 11) is 3.24. The maximum absolute atomic E-state index is 11.3. The zero-order valence-corrected chi connectivity index (χ0v) is 12.2. The van der Waals surface area contributed by atoms with E-state index in [4.69, 9.17) is 4.74 Å². The second-order valence-electron chi connectivity index (χ2n) is 4.57. The van der Waals surface area contributed by atoms with E-state index in [1.807, 2.05) is 42.5 Å². The Bertz CT molecular complexity index is 597. The molecule has 0 saturated heterocycles. The van der Waals surface area contributed by atoms with Crippen LogP contribution in [0.15, 0.2) is 42.5 Å². The van der Waals surface area contributed by atoms with Gasteiger partial charge in [-0.3, -0.25) is 4.79 Å². The minimum absolute atomic E-state index is 0.0105. The number of carbonyl (C=O) groups excluding carboxylic acids is 1. The molecule has 0 saturated carbocycles. The second kappa shape index (κ2) is 7.28. The first kappa shape index (κ1) is 14.8. The highest BCUT2D eigenvalue weighted by Gasteiger charge is 2.01. The molecule has 110 valence electrons. The molecular weight excluding hydrogens is 266 g/mol. The van der Waals surface area contributed by atoms with Crippen LogP contribution in [0.25, 0.3) is 0 Å². The maximum atomic E-state index is 11.3. The minimum Gasteiger partial charge on any atom is -0.481 e. The van der Waals surface area contributed by atoms with E-state index in [9.17, 15) is 4.79 Å². The Morgan fingerprint density at radius 2 is 1.95 bits per heavy atom. The third kappa shape index (κ3) is 4.49. The summed E-state index contributed by atoms with van der Waals surface area (Å²) in [4.78, 5) is 15.6. The molecule has 0 unspecified atom stereocenters. The van der Waals surface area contributed by atoms with Crippen molar-refractivity contribution in [1.82, 2.24) is 10.3 Å². The van der Waals surface area contributed by atoms with Crippen LogP contribution in [0.1, 0.15) is 11.3 Å². The molecule has 2 aromatic rings. The van der Waals surface area contributed by atoms with Crippen molar-refractivity contribution in [3.63, 3.8) is 0 Å². The van der Waals surface area contributed by atoms with Gasteiger partial charge in [-0.2, -0.15) is 0 Å². The average Bonchev–Trinajstić information content (AvgIpc) is 2.54. The smallest absolute Gasteiger partial charge is 0.224 e. The number of methoxy groups -OCH3 is 1. The molecule has 1 aromatic heterocycles. The summed E-state index contributed by atoms with van der Waals surface area (Å²) in [6, 6.07) is 13.5. The predicted octanol–water partition coefficient (Wildman–Crippen LogP) is 1.99. The quantitative estimate of drug-likeness (QED) is 0.852. The molecule has 1 heterocycles. The van der Waals surface area contributed by atoms with Crippen molar-refractivity contribution in [3.05, 3.63) is 53.7 Å². The first-order valence-electron chi connectivity index (χ1n) is 6.74. The zero-order valence-electron chi connectivity index (χ0n) is 12.2. The molecule has 1 aromatic carbocycles. The maximum Gasteiger partial charge on any atom is 0.224 e. The number of ether oxygens (including phenoxy) is 1. The van der Waals surface area contributed by atoms with Gasteiger partial charge in [0, 0.05) is 18.8 Å². The molecule has 1 amide bonds. The molecule has 0 atom stereocenters. The predicted molar refractivity (Wildman–Crippen MR) is 82.3 cm³/mol. The Balaban J connectivity index is 1.92. The minimum atomic E-state index is 0.0105. The zero-order chi connectivity index (χ0) is 15.1. The number of nitrogens with one attached hydrogen (secondary N) is 2. The normalized spacial score (nSPS) is 10.0. The summed E-state index contributed by atoms with van der Waals surface area (Å²) in [5.41, 5.74) is 2.88. The van der Waals surface area contributed by atoms with Gasteiger partial charge in [-0.05, 0) is 23.8 Å². The van der Waals surface area contributed by atoms with E-state index in [0.29, 0.717) is 18.8 Å². The fourth-order valence-electron chi connectivity index (χ4n) is 1.88. The van der Waals surface area contributed by atoms with Gasteiger partial charge in [-0.15, -0.1) is 0 Å². The Morgan fingerprint density at radius 1 is 1.19 bits per heavy atom. The molecule has 5 heteroatoms. The molecule has 2 N–H and O–H groups in total. The molecule has 0 aliphatic rings. The number of benzene rings is 1. The molecule has 5 nitrogen and oxygen atoms in total. The number of carbonyl (C=O) groups is 1. The van der Waals surface area contributed by atoms with Crippen molar-refractivity contribution >= 4 is 11.6 Å². The first-order chi connectivity index (χ1) is 10.2. The molecule has 0 aliphatic carbocycles. The third-order valence-corrected chi connectivity index (χ3v) is 3.06. The van der Waals surface area contributed by atoms with Gasteiger partial charge in [0.15, 0.2) is 0 Å². The SMILES string of the molecule is CNC(=O)Cc1ccc(NCc2cccc(OC)n2)cc1. The second-order valence-corrected chi connectivity index (χ2v) is 4.57. The van der Waals surface area contributed by atoms with Gasteiger partial charge in [0.25, 0.3) is 0 Å². The lowest BCUT2D eigenvalue weighted by atomic mass is 10.1. The van der Waals surface area contributed by atoms with Gasteiger partial charge in [-0.1, -0.05) is 18.2 Å². The van der Waals surface area contributed by atoms with E-state index in [0.717, 1.165) is 16.9 Å². The number of nitrogens with zero attached hydrogens (tertiary/aromatic N) is 1. The van der Waals surface area contributed by atoms with Crippen molar-refractivity contribution < 1.29 is 9.53 Å². The van der Waals surface area contributed by atoms with Gasteiger partial charge in [0.05, 0.1) is 25.8 Å². The Morgan fingerprint density at radius 3 is 2.62 bits per heavy atom. The molecule has 2 rings (SSSR count). The number of likely N-dealkylation sites (N-methyl/N-ethyl adjacent to an activating group) is 1. The number of anilines is 1. The molecule has 0 aliphatic heterocycles. The van der Waals surface area contributed by atoms with E-state index in [1.165, 1.54) is 0 Å². The van der Waals surface area contributed by atoms with Gasteiger partial charge in [0.2, 0.25) is 11.8 Å². The van der Waals surface area contributed by atoms with E-state index in [1.54, 1.807) is 14.2 Å². The van der Waals surface area contributed by atoms with E-state index < -0.39 is 0 Å². The Hall–Kier alpha value is -2.56. The highest BCUT2D eigenvalue weighted by molar-refractivity contribution is 5.78.